The minimum atomic E-state index is 0. The van der Waals surface area contributed by atoms with Crippen molar-refractivity contribution in [1.29, 1.82) is 0 Å². The molecule has 1 saturated carbocycles. The number of likely N-dealkylation sites (tertiary alicyclic amines) is 1. The number of imidazole rings is 1. The number of aryl methyl sites for hydroxylation is 2. The lowest BCUT2D eigenvalue weighted by atomic mass is 9.93. The first-order valence-corrected chi connectivity index (χ1v) is 10.1. The molecule has 1 amide bonds. The largest absolute Gasteiger partial charge is 0.338 e. The molecule has 1 unspecified atom stereocenters. The third-order valence-electron chi connectivity index (χ3n) is 6.38. The lowest BCUT2D eigenvalue weighted by Crippen LogP contribution is -2.50. The molecule has 30 heavy (non-hydrogen) atoms. The molecule has 3 aromatic rings. The molecule has 1 aliphatic carbocycles. The number of carbonyl (C=O) groups excluding carboxylic acids is 1. The van der Waals surface area contributed by atoms with Crippen LogP contribution in [-0.2, 0) is 13.0 Å². The zero-order valence-electron chi connectivity index (χ0n) is 16.7. The molecule has 8 heteroatoms. The summed E-state index contributed by atoms with van der Waals surface area (Å²) in [6, 6.07) is 12.5. The van der Waals surface area contributed by atoms with Crippen LogP contribution >= 0.6 is 24.8 Å². The van der Waals surface area contributed by atoms with Crippen molar-refractivity contribution in [3.63, 3.8) is 0 Å². The highest BCUT2D eigenvalue weighted by Crippen LogP contribution is 2.36. The number of halogens is 2. The summed E-state index contributed by atoms with van der Waals surface area (Å²) in [6.07, 6.45) is 6.71. The van der Waals surface area contributed by atoms with Gasteiger partial charge >= 0.3 is 0 Å². The van der Waals surface area contributed by atoms with E-state index in [1.807, 2.05) is 23.4 Å². The van der Waals surface area contributed by atoms with Crippen LogP contribution in [0.25, 0.3) is 11.2 Å². The minimum Gasteiger partial charge on any atom is -0.338 e. The van der Waals surface area contributed by atoms with Crippen molar-refractivity contribution in [2.75, 3.05) is 13.1 Å². The zero-order valence-corrected chi connectivity index (χ0v) is 18.3. The molecule has 1 aliphatic heterocycles. The highest BCUT2D eigenvalue weighted by Gasteiger charge is 2.41. The molecule has 2 aliphatic rings. The van der Waals surface area contributed by atoms with Gasteiger partial charge in [-0.25, -0.2) is 9.97 Å². The molecular weight excluding hydrogens is 421 g/mol. The van der Waals surface area contributed by atoms with Crippen molar-refractivity contribution in [2.45, 2.75) is 31.8 Å². The van der Waals surface area contributed by atoms with Gasteiger partial charge in [-0.05, 0) is 42.7 Å². The van der Waals surface area contributed by atoms with Crippen molar-refractivity contribution >= 4 is 41.9 Å². The Balaban J connectivity index is 0.00000128. The molecule has 5 rings (SSSR count). The molecule has 1 aromatic carbocycles. The topological polar surface area (TPSA) is 77.0 Å². The van der Waals surface area contributed by atoms with Crippen molar-refractivity contribution in [3.8, 4) is 0 Å². The number of carbonyl (C=O) groups is 1. The first kappa shape index (κ1) is 22.5. The molecule has 6 nitrogen and oxygen atoms in total. The molecule has 0 spiro atoms. The fraction of sp³-hybridized carbons (Fsp3) is 0.409. The van der Waals surface area contributed by atoms with E-state index in [9.17, 15) is 4.79 Å². The number of nitrogens with zero attached hydrogens (tertiary/aromatic N) is 4. The van der Waals surface area contributed by atoms with Crippen LogP contribution in [-0.4, -0.2) is 44.5 Å². The molecule has 3 heterocycles. The monoisotopic (exact) mass is 447 g/mol. The van der Waals surface area contributed by atoms with E-state index in [1.165, 1.54) is 5.56 Å². The lowest BCUT2D eigenvalue weighted by molar-refractivity contribution is 0.0637. The van der Waals surface area contributed by atoms with E-state index in [-0.39, 0.29) is 36.8 Å². The highest BCUT2D eigenvalue weighted by atomic mass is 35.5. The zero-order chi connectivity index (χ0) is 19.1. The summed E-state index contributed by atoms with van der Waals surface area (Å²) >= 11 is 0. The van der Waals surface area contributed by atoms with Crippen molar-refractivity contribution < 1.29 is 4.79 Å². The van der Waals surface area contributed by atoms with Crippen molar-refractivity contribution in [1.82, 2.24) is 19.4 Å². The fourth-order valence-corrected chi connectivity index (χ4v) is 4.74. The number of nitrogens with two attached hydrogens (primary N) is 1. The quantitative estimate of drug-likeness (QED) is 0.665. The first-order valence-electron chi connectivity index (χ1n) is 10.1. The normalized spacial score (nSPS) is 22.4. The Kier molecular flexibility index (Phi) is 7.01. The van der Waals surface area contributed by atoms with Gasteiger partial charge in [0.2, 0.25) is 0 Å². The number of benzene rings is 1. The molecular formula is C22H27Cl2N5O. The Hall–Kier alpha value is -2.15. The van der Waals surface area contributed by atoms with E-state index in [2.05, 4.69) is 38.8 Å². The number of amides is 1. The number of fused-ring (bicyclic) bond motifs is 3. The Morgan fingerprint density at radius 1 is 1.07 bits per heavy atom. The van der Waals surface area contributed by atoms with Gasteiger partial charge in [0.15, 0.2) is 5.65 Å². The predicted molar refractivity (Wildman–Crippen MR) is 122 cm³/mol. The van der Waals surface area contributed by atoms with Gasteiger partial charge in [-0.2, -0.15) is 0 Å². The van der Waals surface area contributed by atoms with Crippen LogP contribution in [0.4, 0.5) is 0 Å². The summed E-state index contributed by atoms with van der Waals surface area (Å²) in [4.78, 5) is 24.0. The Morgan fingerprint density at radius 3 is 2.47 bits per heavy atom. The Morgan fingerprint density at radius 2 is 1.77 bits per heavy atom. The summed E-state index contributed by atoms with van der Waals surface area (Å²) in [6.45, 7) is 2.34. The summed E-state index contributed by atoms with van der Waals surface area (Å²) in [5.74, 6) is 0.935. The molecule has 2 bridgehead atoms. The maximum atomic E-state index is 13.0. The van der Waals surface area contributed by atoms with E-state index in [4.69, 9.17) is 5.73 Å². The molecule has 2 N–H and O–H groups in total. The van der Waals surface area contributed by atoms with Gasteiger partial charge < -0.3 is 15.2 Å². The van der Waals surface area contributed by atoms with Crippen LogP contribution in [0.3, 0.4) is 0 Å². The van der Waals surface area contributed by atoms with E-state index < -0.39 is 0 Å². The fourth-order valence-electron chi connectivity index (χ4n) is 4.74. The smallest absolute Gasteiger partial charge is 0.255 e. The molecule has 160 valence electrons. The van der Waals surface area contributed by atoms with Gasteiger partial charge in [-0.15, -0.1) is 24.8 Å². The van der Waals surface area contributed by atoms with Crippen LogP contribution in [0.15, 0.2) is 48.9 Å². The van der Waals surface area contributed by atoms with Crippen LogP contribution in [0, 0.1) is 11.8 Å². The number of hydrogen-bond acceptors (Lipinski definition) is 4. The molecule has 3 atom stereocenters. The van der Waals surface area contributed by atoms with E-state index in [1.54, 1.807) is 6.20 Å². The van der Waals surface area contributed by atoms with Crippen molar-refractivity contribution in [3.05, 3.63) is 60.0 Å². The van der Waals surface area contributed by atoms with E-state index in [0.29, 0.717) is 17.4 Å². The Bertz CT molecular complexity index is 995. The summed E-state index contributed by atoms with van der Waals surface area (Å²) in [5.41, 5.74) is 9.78. The Labute approximate surface area is 188 Å². The van der Waals surface area contributed by atoms with Crippen LogP contribution in [0.2, 0.25) is 0 Å². The van der Waals surface area contributed by atoms with Crippen molar-refractivity contribution in [2.24, 2.45) is 17.6 Å². The van der Waals surface area contributed by atoms with Crippen LogP contribution in [0.5, 0.6) is 0 Å². The second kappa shape index (κ2) is 9.33. The van der Waals surface area contributed by atoms with E-state index >= 15 is 0 Å². The second-order valence-electron chi connectivity index (χ2n) is 8.13. The number of aromatic nitrogens is 3. The molecule has 2 fully saturated rings. The van der Waals surface area contributed by atoms with Gasteiger partial charge in [-0.3, -0.25) is 4.79 Å². The van der Waals surface area contributed by atoms with Gasteiger partial charge in [0.05, 0.1) is 11.9 Å². The number of rotatable bonds is 4. The summed E-state index contributed by atoms with van der Waals surface area (Å²) in [5, 5.41) is 0. The summed E-state index contributed by atoms with van der Waals surface area (Å²) in [7, 11) is 0. The highest BCUT2D eigenvalue weighted by molar-refractivity contribution is 5.96. The number of piperidine rings is 1. The minimum absolute atomic E-state index is 0. The average molecular weight is 448 g/mol. The van der Waals surface area contributed by atoms with E-state index in [0.717, 1.165) is 50.1 Å². The van der Waals surface area contributed by atoms with Gasteiger partial charge in [0.25, 0.3) is 5.91 Å². The number of pyridine rings is 1. The predicted octanol–water partition coefficient (Wildman–Crippen LogP) is 3.33. The maximum Gasteiger partial charge on any atom is 0.255 e. The first-order chi connectivity index (χ1) is 13.7. The molecule has 2 aromatic heterocycles. The van der Waals surface area contributed by atoms with Gasteiger partial charge in [0, 0.05) is 31.9 Å². The lowest BCUT2D eigenvalue weighted by Gasteiger charge is -2.36. The summed E-state index contributed by atoms with van der Waals surface area (Å²) < 4.78 is 2.05. The van der Waals surface area contributed by atoms with Crippen LogP contribution in [0.1, 0.15) is 28.8 Å². The molecule has 0 radical (unpaired) electrons. The third kappa shape index (κ3) is 4.17. The number of hydrogen-bond donors (Lipinski definition) is 1. The average Bonchev–Trinajstić information content (AvgIpc) is 3.20. The molecule has 1 saturated heterocycles. The SMILES string of the molecule is Cl.Cl.NC1[C@@H]2CC[C@H]1CN(C(=O)c1cnc3c(c1)ncn3CCc1ccccc1)C2. The standard InChI is InChI=1S/C22H25N5O.2ClH/c23-20-16-6-7-17(20)13-27(12-16)22(28)18-10-19-21(24-11-18)26(14-25-19)9-8-15-4-2-1-3-5-15;;/h1-5,10-11,14,16-17,20H,6-9,12-13,23H2;2*1H/t16-,17+,20?;;. The second-order valence-corrected chi connectivity index (χ2v) is 8.13. The van der Waals surface area contributed by atoms with Gasteiger partial charge in [0.1, 0.15) is 5.52 Å². The van der Waals surface area contributed by atoms with Crippen LogP contribution < -0.4 is 5.73 Å². The maximum absolute atomic E-state index is 13.0. The van der Waals surface area contributed by atoms with Gasteiger partial charge in [-0.1, -0.05) is 30.3 Å². The third-order valence-corrected chi connectivity index (χ3v) is 6.38.